The second kappa shape index (κ2) is 4.96. The minimum absolute atomic E-state index is 0.273. The maximum atomic E-state index is 12.2. The van der Waals surface area contributed by atoms with Gasteiger partial charge in [-0.15, -0.1) is 23.2 Å². The number of hydrogen-bond donors (Lipinski definition) is 1. The summed E-state index contributed by atoms with van der Waals surface area (Å²) in [6, 6.07) is 6.96. The number of nitrogens with zero attached hydrogens (tertiary/aromatic N) is 1. The number of carbonyl (C=O) groups is 1. The SMILES string of the molecule is C[C@H](OC(=O)[C@@]1(C)CC1(Cl)Cl)c1nc2ccccc2c(=O)[nH]1. The van der Waals surface area contributed by atoms with Gasteiger partial charge in [0.15, 0.2) is 11.9 Å². The van der Waals surface area contributed by atoms with Gasteiger partial charge in [-0.05, 0) is 26.0 Å². The lowest BCUT2D eigenvalue weighted by Crippen LogP contribution is -2.24. The van der Waals surface area contributed by atoms with Crippen LogP contribution in [0.3, 0.4) is 0 Å². The zero-order valence-corrected chi connectivity index (χ0v) is 13.5. The predicted octanol–water partition coefficient (Wildman–Crippen LogP) is 3.11. The average Bonchev–Trinajstić information content (AvgIpc) is 2.99. The molecule has 1 aliphatic rings. The van der Waals surface area contributed by atoms with Crippen LogP contribution in [0.5, 0.6) is 0 Å². The van der Waals surface area contributed by atoms with E-state index in [0.29, 0.717) is 17.3 Å². The monoisotopic (exact) mass is 340 g/mol. The number of fused-ring (bicyclic) bond motifs is 1. The number of nitrogens with one attached hydrogen (secondary N) is 1. The fourth-order valence-electron chi connectivity index (χ4n) is 2.26. The molecule has 1 heterocycles. The molecule has 0 spiro atoms. The Morgan fingerprint density at radius 2 is 2.05 bits per heavy atom. The largest absolute Gasteiger partial charge is 0.454 e. The molecule has 0 saturated heterocycles. The van der Waals surface area contributed by atoms with Crippen LogP contribution in [0.25, 0.3) is 10.9 Å². The molecule has 5 nitrogen and oxygen atoms in total. The second-order valence-corrected chi connectivity index (χ2v) is 7.21. The highest BCUT2D eigenvalue weighted by atomic mass is 35.5. The quantitative estimate of drug-likeness (QED) is 0.688. The fourth-order valence-corrected chi connectivity index (χ4v) is 2.95. The number of aromatic nitrogens is 2. The molecule has 0 bridgehead atoms. The summed E-state index contributed by atoms with van der Waals surface area (Å²) in [5.74, 6) is -0.211. The van der Waals surface area contributed by atoms with Crippen molar-refractivity contribution in [1.82, 2.24) is 9.97 Å². The molecule has 1 saturated carbocycles. The molecular formula is C15H14Cl2N2O3. The van der Waals surface area contributed by atoms with E-state index in [-0.39, 0.29) is 11.4 Å². The lowest BCUT2D eigenvalue weighted by molar-refractivity contribution is -0.155. The molecule has 1 N–H and O–H groups in total. The molecule has 22 heavy (non-hydrogen) atoms. The number of benzene rings is 1. The maximum absolute atomic E-state index is 12.2. The molecule has 2 atom stereocenters. The highest BCUT2D eigenvalue weighted by Gasteiger charge is 2.69. The topological polar surface area (TPSA) is 72.0 Å². The van der Waals surface area contributed by atoms with E-state index in [9.17, 15) is 9.59 Å². The van der Waals surface area contributed by atoms with Gasteiger partial charge in [0.25, 0.3) is 5.56 Å². The van der Waals surface area contributed by atoms with Gasteiger partial charge in [-0.3, -0.25) is 9.59 Å². The lowest BCUT2D eigenvalue weighted by Gasteiger charge is -2.17. The molecule has 3 rings (SSSR count). The standard InChI is InChI=1S/C15H14Cl2N2O3/c1-8(22-13(21)14(2)7-15(14,16)17)11-18-10-6-4-3-5-9(10)12(20)19-11/h3-6,8H,7H2,1-2H3,(H,18,19,20)/t8-,14+/m0/s1. The van der Waals surface area contributed by atoms with Gasteiger partial charge in [0.1, 0.15) is 9.75 Å². The van der Waals surface area contributed by atoms with Crippen molar-refractivity contribution in [2.75, 3.05) is 0 Å². The molecule has 116 valence electrons. The smallest absolute Gasteiger partial charge is 0.315 e. The number of hydrogen-bond acceptors (Lipinski definition) is 4. The number of rotatable bonds is 3. The molecule has 1 fully saturated rings. The van der Waals surface area contributed by atoms with E-state index in [2.05, 4.69) is 9.97 Å². The van der Waals surface area contributed by atoms with Crippen LogP contribution in [-0.2, 0) is 9.53 Å². The Labute approximate surface area is 136 Å². The molecule has 0 radical (unpaired) electrons. The molecule has 1 aliphatic carbocycles. The van der Waals surface area contributed by atoms with E-state index in [4.69, 9.17) is 27.9 Å². The van der Waals surface area contributed by atoms with Gasteiger partial charge >= 0.3 is 5.97 Å². The van der Waals surface area contributed by atoms with Crippen molar-refractivity contribution < 1.29 is 9.53 Å². The third-order valence-electron chi connectivity index (χ3n) is 4.01. The first kappa shape index (κ1) is 15.3. The minimum atomic E-state index is -1.09. The summed E-state index contributed by atoms with van der Waals surface area (Å²) in [7, 11) is 0. The first-order valence-electron chi connectivity index (χ1n) is 6.82. The molecule has 7 heteroatoms. The van der Waals surface area contributed by atoms with Crippen LogP contribution in [-0.4, -0.2) is 20.3 Å². The van der Waals surface area contributed by atoms with Crippen LogP contribution in [0.4, 0.5) is 0 Å². The maximum Gasteiger partial charge on any atom is 0.315 e. The van der Waals surface area contributed by atoms with Crippen molar-refractivity contribution in [3.63, 3.8) is 0 Å². The Hall–Kier alpha value is -1.59. The Balaban J connectivity index is 1.86. The molecule has 1 aromatic heterocycles. The summed E-state index contributed by atoms with van der Waals surface area (Å²) in [6.07, 6.45) is -0.359. The van der Waals surface area contributed by atoms with E-state index in [1.807, 2.05) is 0 Å². The summed E-state index contributed by atoms with van der Waals surface area (Å²) in [6.45, 7) is 3.29. The third kappa shape index (κ3) is 2.38. The van der Waals surface area contributed by atoms with E-state index in [0.717, 1.165) is 0 Å². The van der Waals surface area contributed by atoms with Gasteiger partial charge in [0, 0.05) is 6.42 Å². The van der Waals surface area contributed by atoms with E-state index >= 15 is 0 Å². The van der Waals surface area contributed by atoms with Gasteiger partial charge in [-0.25, -0.2) is 4.98 Å². The van der Waals surface area contributed by atoms with Gasteiger partial charge in [0.2, 0.25) is 0 Å². The molecular weight excluding hydrogens is 327 g/mol. The van der Waals surface area contributed by atoms with Crippen molar-refractivity contribution >= 4 is 40.1 Å². The summed E-state index contributed by atoms with van der Waals surface area (Å²) in [5, 5.41) is 0.486. The van der Waals surface area contributed by atoms with Crippen LogP contribution < -0.4 is 5.56 Å². The van der Waals surface area contributed by atoms with Crippen molar-refractivity contribution in [3.05, 3.63) is 40.4 Å². The normalized spacial score (nSPS) is 24.0. The van der Waals surface area contributed by atoms with E-state index < -0.39 is 21.8 Å². The first-order chi connectivity index (χ1) is 10.2. The zero-order valence-electron chi connectivity index (χ0n) is 12.0. The highest BCUT2D eigenvalue weighted by Crippen LogP contribution is 2.64. The van der Waals surface area contributed by atoms with Crippen LogP contribution in [0, 0.1) is 5.41 Å². The first-order valence-corrected chi connectivity index (χ1v) is 7.58. The Kier molecular flexibility index (Phi) is 3.45. The van der Waals surface area contributed by atoms with Crippen LogP contribution in [0.2, 0.25) is 0 Å². The number of para-hydroxylation sites is 1. The Morgan fingerprint density at radius 3 is 2.68 bits per heavy atom. The number of H-pyrrole nitrogens is 1. The number of carbonyl (C=O) groups excluding carboxylic acids is 1. The summed E-state index contributed by atoms with van der Waals surface area (Å²) >= 11 is 11.9. The highest BCUT2D eigenvalue weighted by molar-refractivity contribution is 6.53. The zero-order chi connectivity index (χ0) is 16.1. The fraction of sp³-hybridized carbons (Fsp3) is 0.400. The number of esters is 1. The Morgan fingerprint density at radius 1 is 1.41 bits per heavy atom. The average molecular weight is 341 g/mol. The summed E-state index contributed by atoms with van der Waals surface area (Å²) in [5.41, 5.74) is -0.641. The lowest BCUT2D eigenvalue weighted by atomic mass is 10.1. The van der Waals surface area contributed by atoms with Gasteiger partial charge in [-0.2, -0.15) is 0 Å². The predicted molar refractivity (Wildman–Crippen MR) is 84.0 cm³/mol. The second-order valence-electron chi connectivity index (χ2n) is 5.73. The van der Waals surface area contributed by atoms with Gasteiger partial charge in [-0.1, -0.05) is 12.1 Å². The van der Waals surface area contributed by atoms with Gasteiger partial charge in [0.05, 0.1) is 10.9 Å². The van der Waals surface area contributed by atoms with Crippen LogP contribution in [0.1, 0.15) is 32.2 Å². The summed E-state index contributed by atoms with van der Waals surface area (Å²) < 4.78 is 4.27. The molecule has 0 amide bonds. The van der Waals surface area contributed by atoms with E-state index in [1.54, 1.807) is 38.1 Å². The van der Waals surface area contributed by atoms with Crippen LogP contribution >= 0.6 is 23.2 Å². The van der Waals surface area contributed by atoms with Crippen LogP contribution in [0.15, 0.2) is 29.1 Å². The molecule has 0 aliphatic heterocycles. The number of aromatic amines is 1. The number of alkyl halides is 2. The molecule has 1 aromatic carbocycles. The molecule has 2 aromatic rings. The third-order valence-corrected chi connectivity index (χ3v) is 5.11. The summed E-state index contributed by atoms with van der Waals surface area (Å²) in [4.78, 5) is 31.2. The van der Waals surface area contributed by atoms with Crippen molar-refractivity contribution in [1.29, 1.82) is 0 Å². The van der Waals surface area contributed by atoms with Crippen molar-refractivity contribution in [2.24, 2.45) is 5.41 Å². The van der Waals surface area contributed by atoms with E-state index in [1.165, 1.54) is 0 Å². The molecule has 0 unspecified atom stereocenters. The Bertz CT molecular complexity index is 818. The number of ether oxygens (including phenoxy) is 1. The van der Waals surface area contributed by atoms with Crippen molar-refractivity contribution in [3.8, 4) is 0 Å². The minimum Gasteiger partial charge on any atom is -0.454 e. The van der Waals surface area contributed by atoms with Gasteiger partial charge < -0.3 is 9.72 Å². The number of halogens is 2. The van der Waals surface area contributed by atoms with Crippen molar-refractivity contribution in [2.45, 2.75) is 30.7 Å².